The van der Waals surface area contributed by atoms with Gasteiger partial charge in [0, 0.05) is 22.5 Å². The second-order valence-corrected chi connectivity index (χ2v) is 7.16. The molecule has 1 aromatic carbocycles. The molecule has 3 aromatic rings. The molecule has 0 atom stereocenters. The van der Waals surface area contributed by atoms with E-state index in [1.165, 1.54) is 0 Å². The molecule has 0 radical (unpaired) electrons. The van der Waals surface area contributed by atoms with Crippen LogP contribution in [0.25, 0.3) is 5.65 Å². The first kappa shape index (κ1) is 17.9. The number of ether oxygens (including phenoxy) is 1. The largest absolute Gasteiger partial charge is 0.425 e. The number of rotatable bonds is 4. The molecule has 0 aliphatic heterocycles. The van der Waals surface area contributed by atoms with E-state index in [4.69, 9.17) is 16.3 Å². The third-order valence-electron chi connectivity index (χ3n) is 3.98. The summed E-state index contributed by atoms with van der Waals surface area (Å²) in [7, 11) is 0. The van der Waals surface area contributed by atoms with Gasteiger partial charge in [0.2, 0.25) is 0 Å². The molecule has 0 N–H and O–H groups in total. The topological polar surface area (TPSA) is 56.5 Å². The minimum Gasteiger partial charge on any atom is -0.425 e. The van der Waals surface area contributed by atoms with E-state index in [2.05, 4.69) is 26.0 Å². The standard InChI is InChI=1S/C18H17BrClN3O2/c1-10-8-17-21-11(2)14(12(3)23(17)22-10)5-7-18(24)25-16-6-4-13(20)9-15(16)19/h4,6,8-9H,5,7H2,1-3H3. The lowest BCUT2D eigenvalue weighted by atomic mass is 10.1. The van der Waals surface area contributed by atoms with Gasteiger partial charge in [0.05, 0.1) is 16.6 Å². The van der Waals surface area contributed by atoms with E-state index in [9.17, 15) is 4.79 Å². The Morgan fingerprint density at radius 2 is 2.04 bits per heavy atom. The van der Waals surface area contributed by atoms with E-state index in [0.29, 0.717) is 21.7 Å². The Morgan fingerprint density at radius 3 is 2.76 bits per heavy atom. The Balaban J connectivity index is 1.74. The van der Waals surface area contributed by atoms with E-state index >= 15 is 0 Å². The summed E-state index contributed by atoms with van der Waals surface area (Å²) < 4.78 is 7.87. The number of fused-ring (bicyclic) bond motifs is 1. The van der Waals surface area contributed by atoms with Crippen LogP contribution in [0.3, 0.4) is 0 Å². The van der Waals surface area contributed by atoms with Crippen LogP contribution in [0.4, 0.5) is 0 Å². The van der Waals surface area contributed by atoms with Crippen molar-refractivity contribution in [1.82, 2.24) is 14.6 Å². The van der Waals surface area contributed by atoms with Crippen molar-refractivity contribution in [3.8, 4) is 5.75 Å². The zero-order valence-corrected chi connectivity index (χ0v) is 16.5. The molecule has 0 amide bonds. The van der Waals surface area contributed by atoms with Crippen molar-refractivity contribution < 1.29 is 9.53 Å². The van der Waals surface area contributed by atoms with Gasteiger partial charge in [-0.1, -0.05) is 11.6 Å². The maximum absolute atomic E-state index is 12.2. The maximum Gasteiger partial charge on any atom is 0.311 e. The van der Waals surface area contributed by atoms with Crippen LogP contribution in [0.1, 0.15) is 29.1 Å². The Kier molecular flexibility index (Phi) is 5.11. The molecule has 2 heterocycles. The van der Waals surface area contributed by atoms with Crippen molar-refractivity contribution in [1.29, 1.82) is 0 Å². The number of halogens is 2. The van der Waals surface area contributed by atoms with Crippen LogP contribution in [0.15, 0.2) is 28.7 Å². The first-order chi connectivity index (χ1) is 11.8. The summed E-state index contributed by atoms with van der Waals surface area (Å²) in [5.41, 5.74) is 4.66. The fraction of sp³-hybridized carbons (Fsp3) is 0.278. The van der Waals surface area contributed by atoms with Gasteiger partial charge in [-0.05, 0) is 66.9 Å². The monoisotopic (exact) mass is 421 g/mol. The van der Waals surface area contributed by atoms with Crippen LogP contribution < -0.4 is 4.74 Å². The molecule has 25 heavy (non-hydrogen) atoms. The Labute approximate surface area is 159 Å². The summed E-state index contributed by atoms with van der Waals surface area (Å²) in [6, 6.07) is 6.98. The highest BCUT2D eigenvalue weighted by molar-refractivity contribution is 9.10. The van der Waals surface area contributed by atoms with Gasteiger partial charge in [-0.25, -0.2) is 9.50 Å². The number of hydrogen-bond donors (Lipinski definition) is 0. The molecule has 0 aliphatic carbocycles. The molecule has 0 fully saturated rings. The molecular weight excluding hydrogens is 406 g/mol. The minimum atomic E-state index is -0.307. The molecule has 3 rings (SSSR count). The lowest BCUT2D eigenvalue weighted by Gasteiger charge is -2.11. The highest BCUT2D eigenvalue weighted by Crippen LogP contribution is 2.28. The number of benzene rings is 1. The summed E-state index contributed by atoms with van der Waals surface area (Å²) in [6.07, 6.45) is 0.799. The number of carbonyl (C=O) groups is 1. The van der Waals surface area contributed by atoms with Crippen LogP contribution in [0.2, 0.25) is 5.02 Å². The quantitative estimate of drug-likeness (QED) is 0.455. The van der Waals surface area contributed by atoms with Crippen LogP contribution in [-0.4, -0.2) is 20.6 Å². The van der Waals surface area contributed by atoms with Crippen molar-refractivity contribution in [3.63, 3.8) is 0 Å². The van der Waals surface area contributed by atoms with E-state index in [-0.39, 0.29) is 12.4 Å². The summed E-state index contributed by atoms with van der Waals surface area (Å²) >= 11 is 9.23. The molecule has 0 spiro atoms. The number of aromatic nitrogens is 3. The van der Waals surface area contributed by atoms with Crippen molar-refractivity contribution in [3.05, 3.63) is 56.4 Å². The Hall–Kier alpha value is -1.92. The maximum atomic E-state index is 12.2. The highest BCUT2D eigenvalue weighted by atomic mass is 79.9. The van der Waals surface area contributed by atoms with Crippen molar-refractivity contribution >= 4 is 39.1 Å². The second kappa shape index (κ2) is 7.14. The fourth-order valence-electron chi connectivity index (χ4n) is 2.76. The molecule has 0 bridgehead atoms. The molecule has 0 unspecified atom stereocenters. The molecule has 0 saturated heterocycles. The van der Waals surface area contributed by atoms with E-state index < -0.39 is 0 Å². The second-order valence-electron chi connectivity index (χ2n) is 5.87. The van der Waals surface area contributed by atoms with E-state index in [0.717, 1.165) is 28.3 Å². The fourth-order valence-corrected chi connectivity index (χ4v) is 3.53. The first-order valence-electron chi connectivity index (χ1n) is 7.83. The zero-order valence-electron chi connectivity index (χ0n) is 14.1. The average molecular weight is 423 g/mol. The molecule has 5 nitrogen and oxygen atoms in total. The molecule has 0 saturated carbocycles. The van der Waals surface area contributed by atoms with Gasteiger partial charge in [-0.3, -0.25) is 4.79 Å². The Bertz CT molecular complexity index is 969. The summed E-state index contributed by atoms with van der Waals surface area (Å²) in [6.45, 7) is 5.88. The SMILES string of the molecule is Cc1cc2nc(C)c(CCC(=O)Oc3ccc(Cl)cc3Br)c(C)n2n1. The van der Waals surface area contributed by atoms with E-state index in [1.54, 1.807) is 18.2 Å². The van der Waals surface area contributed by atoms with Gasteiger partial charge < -0.3 is 4.74 Å². The summed E-state index contributed by atoms with van der Waals surface area (Å²) in [5.74, 6) is 0.151. The third kappa shape index (κ3) is 3.85. The number of esters is 1. The van der Waals surface area contributed by atoms with Gasteiger partial charge in [0.25, 0.3) is 0 Å². The Morgan fingerprint density at radius 1 is 1.28 bits per heavy atom. The molecular formula is C18H17BrClN3O2. The van der Waals surface area contributed by atoms with Gasteiger partial charge in [-0.2, -0.15) is 5.10 Å². The summed E-state index contributed by atoms with van der Waals surface area (Å²) in [4.78, 5) is 16.8. The van der Waals surface area contributed by atoms with Crippen molar-refractivity contribution in [2.24, 2.45) is 0 Å². The average Bonchev–Trinajstić information content (AvgIpc) is 2.90. The number of hydrogen-bond acceptors (Lipinski definition) is 4. The lowest BCUT2D eigenvalue weighted by Crippen LogP contribution is -2.12. The van der Waals surface area contributed by atoms with Crippen LogP contribution >= 0.6 is 27.5 Å². The molecule has 7 heteroatoms. The number of nitrogens with zero attached hydrogens (tertiary/aromatic N) is 3. The molecule has 2 aromatic heterocycles. The predicted molar refractivity (Wildman–Crippen MR) is 100 cm³/mol. The smallest absolute Gasteiger partial charge is 0.311 e. The third-order valence-corrected chi connectivity index (χ3v) is 4.84. The van der Waals surface area contributed by atoms with Gasteiger partial charge >= 0.3 is 5.97 Å². The first-order valence-corrected chi connectivity index (χ1v) is 9.00. The lowest BCUT2D eigenvalue weighted by molar-refractivity contribution is -0.134. The van der Waals surface area contributed by atoms with Crippen molar-refractivity contribution in [2.45, 2.75) is 33.6 Å². The zero-order chi connectivity index (χ0) is 18.1. The minimum absolute atomic E-state index is 0.254. The normalized spacial score (nSPS) is 11.1. The van der Waals surface area contributed by atoms with Gasteiger partial charge in [0.15, 0.2) is 5.65 Å². The van der Waals surface area contributed by atoms with Gasteiger partial charge in [0.1, 0.15) is 5.75 Å². The molecule has 130 valence electrons. The number of aryl methyl sites for hydroxylation is 3. The number of carbonyl (C=O) groups excluding carboxylic acids is 1. The van der Waals surface area contributed by atoms with Crippen LogP contribution in [0.5, 0.6) is 5.75 Å². The van der Waals surface area contributed by atoms with Crippen LogP contribution in [-0.2, 0) is 11.2 Å². The molecule has 0 aliphatic rings. The summed E-state index contributed by atoms with van der Waals surface area (Å²) in [5, 5.41) is 5.02. The predicted octanol–water partition coefficient (Wildman–Crippen LogP) is 4.61. The highest BCUT2D eigenvalue weighted by Gasteiger charge is 2.14. The van der Waals surface area contributed by atoms with Crippen molar-refractivity contribution in [2.75, 3.05) is 0 Å². The van der Waals surface area contributed by atoms with Gasteiger partial charge in [-0.15, -0.1) is 0 Å². The van der Waals surface area contributed by atoms with Crippen LogP contribution in [0, 0.1) is 20.8 Å². The van der Waals surface area contributed by atoms with E-state index in [1.807, 2.05) is 31.4 Å².